The molecule has 5 heteroatoms. The highest BCUT2D eigenvalue weighted by Gasteiger charge is 2.29. The van der Waals surface area contributed by atoms with Crippen molar-refractivity contribution in [3.8, 4) is 0 Å². The van der Waals surface area contributed by atoms with E-state index in [0.29, 0.717) is 17.2 Å². The van der Waals surface area contributed by atoms with Crippen LogP contribution >= 0.6 is 0 Å². The topological polar surface area (TPSA) is 57.1 Å². The summed E-state index contributed by atoms with van der Waals surface area (Å²) in [4.78, 5) is 23.3. The van der Waals surface area contributed by atoms with Crippen molar-refractivity contribution in [3.63, 3.8) is 0 Å². The fourth-order valence-electron chi connectivity index (χ4n) is 2.64. The molecular formula is C18H14N4O. The van der Waals surface area contributed by atoms with E-state index in [2.05, 4.69) is 15.3 Å². The van der Waals surface area contributed by atoms with Crippen LogP contribution in [0.5, 0.6) is 0 Å². The number of aliphatic imine (C=N–C) groups is 2. The first-order valence-electron chi connectivity index (χ1n) is 7.30. The van der Waals surface area contributed by atoms with Gasteiger partial charge in [0.1, 0.15) is 17.2 Å². The highest BCUT2D eigenvalue weighted by molar-refractivity contribution is 6.32. The van der Waals surface area contributed by atoms with Gasteiger partial charge in [-0.15, -0.1) is 0 Å². The molecular weight excluding hydrogens is 288 g/mol. The van der Waals surface area contributed by atoms with E-state index in [0.717, 1.165) is 16.9 Å². The fourth-order valence-corrected chi connectivity index (χ4v) is 2.64. The minimum atomic E-state index is -0.128. The summed E-state index contributed by atoms with van der Waals surface area (Å²) in [5.41, 5.74) is 2.94. The number of benzene rings is 2. The van der Waals surface area contributed by atoms with Crippen molar-refractivity contribution in [3.05, 3.63) is 71.9 Å². The lowest BCUT2D eigenvalue weighted by Crippen LogP contribution is -2.39. The maximum absolute atomic E-state index is 12.7. The van der Waals surface area contributed by atoms with Crippen molar-refractivity contribution in [1.82, 2.24) is 5.32 Å². The van der Waals surface area contributed by atoms with Crippen molar-refractivity contribution >= 4 is 29.0 Å². The number of hydrogen-bond acceptors (Lipinski definition) is 4. The van der Waals surface area contributed by atoms with E-state index in [9.17, 15) is 4.79 Å². The van der Waals surface area contributed by atoms with Crippen LogP contribution in [0.25, 0.3) is 0 Å². The molecule has 0 fully saturated rings. The Bertz CT molecular complexity index is 881. The monoisotopic (exact) mass is 302 g/mol. The molecule has 0 saturated carbocycles. The Morgan fingerprint density at radius 2 is 1.70 bits per heavy atom. The number of carbonyl (C=O) groups excluding carboxylic acids is 1. The number of carbonyl (C=O) groups is 1. The van der Waals surface area contributed by atoms with Crippen LogP contribution in [0.3, 0.4) is 0 Å². The summed E-state index contributed by atoms with van der Waals surface area (Å²) in [5.74, 6) is 1.08. The molecule has 23 heavy (non-hydrogen) atoms. The minimum Gasteiger partial charge on any atom is -0.324 e. The normalized spacial score (nSPS) is 16.3. The molecule has 1 amide bonds. The van der Waals surface area contributed by atoms with Crippen LogP contribution < -0.4 is 10.2 Å². The number of likely N-dealkylation sites (N-methyl/N-ethyl adjacent to an activating group) is 1. The van der Waals surface area contributed by atoms with E-state index in [4.69, 9.17) is 0 Å². The van der Waals surface area contributed by atoms with E-state index in [1.165, 1.54) is 0 Å². The molecule has 2 heterocycles. The molecule has 1 N–H and O–H groups in total. The average molecular weight is 302 g/mol. The minimum absolute atomic E-state index is 0.128. The van der Waals surface area contributed by atoms with Crippen LogP contribution in [0.15, 0.2) is 76.4 Å². The van der Waals surface area contributed by atoms with Gasteiger partial charge in [0.2, 0.25) is 0 Å². The zero-order valence-corrected chi connectivity index (χ0v) is 12.5. The molecule has 5 nitrogen and oxygen atoms in total. The third kappa shape index (κ3) is 2.23. The lowest BCUT2D eigenvalue weighted by molar-refractivity contribution is -0.114. The van der Waals surface area contributed by atoms with Gasteiger partial charge < -0.3 is 10.2 Å². The summed E-state index contributed by atoms with van der Waals surface area (Å²) < 4.78 is 0. The number of nitrogens with zero attached hydrogens (tertiary/aromatic N) is 3. The fraction of sp³-hybridized carbons (Fsp3) is 0.0556. The van der Waals surface area contributed by atoms with Gasteiger partial charge in [-0.3, -0.25) is 4.79 Å². The summed E-state index contributed by atoms with van der Waals surface area (Å²) in [5, 5.41) is 3.19. The third-order valence-electron chi connectivity index (χ3n) is 3.87. The number of fused-ring (bicyclic) bond motifs is 2. The largest absolute Gasteiger partial charge is 0.324 e. The zero-order valence-electron chi connectivity index (χ0n) is 12.5. The van der Waals surface area contributed by atoms with Crippen LogP contribution in [0.2, 0.25) is 0 Å². The molecule has 2 aliphatic rings. The molecule has 0 radical (unpaired) electrons. The van der Waals surface area contributed by atoms with Crippen LogP contribution in [-0.2, 0) is 4.79 Å². The third-order valence-corrected chi connectivity index (χ3v) is 3.87. The Kier molecular flexibility index (Phi) is 3.05. The molecule has 0 unspecified atom stereocenters. The van der Waals surface area contributed by atoms with Gasteiger partial charge in [0.25, 0.3) is 5.91 Å². The van der Waals surface area contributed by atoms with Crippen molar-refractivity contribution in [2.45, 2.75) is 0 Å². The first-order valence-corrected chi connectivity index (χ1v) is 7.30. The molecule has 4 rings (SSSR count). The van der Waals surface area contributed by atoms with Gasteiger partial charge in [-0.1, -0.05) is 42.5 Å². The van der Waals surface area contributed by atoms with Gasteiger partial charge in [0.15, 0.2) is 0 Å². The summed E-state index contributed by atoms with van der Waals surface area (Å²) in [6, 6.07) is 17.3. The highest BCUT2D eigenvalue weighted by atomic mass is 16.2. The average Bonchev–Trinajstić information content (AvgIpc) is 2.71. The number of rotatable bonds is 1. The van der Waals surface area contributed by atoms with Gasteiger partial charge in [0.05, 0.1) is 11.4 Å². The Morgan fingerprint density at radius 3 is 2.52 bits per heavy atom. The van der Waals surface area contributed by atoms with Crippen molar-refractivity contribution < 1.29 is 4.79 Å². The smallest absolute Gasteiger partial charge is 0.263 e. The van der Waals surface area contributed by atoms with Crippen LogP contribution in [0.1, 0.15) is 5.56 Å². The molecule has 0 aliphatic carbocycles. The zero-order chi connectivity index (χ0) is 15.8. The SMILES string of the molecule is CN1C(=O)C2=CN=C(c3ccccc3)NC2=Nc2ccccc21. The molecule has 0 spiro atoms. The van der Waals surface area contributed by atoms with E-state index in [-0.39, 0.29) is 5.91 Å². The lowest BCUT2D eigenvalue weighted by Gasteiger charge is -2.19. The first-order chi connectivity index (χ1) is 11.2. The van der Waals surface area contributed by atoms with Crippen LogP contribution in [0, 0.1) is 0 Å². The van der Waals surface area contributed by atoms with Crippen molar-refractivity contribution in [2.24, 2.45) is 9.98 Å². The summed E-state index contributed by atoms with van der Waals surface area (Å²) >= 11 is 0. The molecule has 2 aliphatic heterocycles. The summed E-state index contributed by atoms with van der Waals surface area (Å²) in [7, 11) is 1.75. The molecule has 0 atom stereocenters. The molecule has 112 valence electrons. The first kappa shape index (κ1) is 13.5. The second-order valence-electron chi connectivity index (χ2n) is 5.32. The number of nitrogens with one attached hydrogen (secondary N) is 1. The van der Waals surface area contributed by atoms with E-state index < -0.39 is 0 Å². The predicted molar refractivity (Wildman–Crippen MR) is 91.1 cm³/mol. The maximum Gasteiger partial charge on any atom is 0.263 e. The molecule has 0 aromatic heterocycles. The Balaban J connectivity index is 1.83. The van der Waals surface area contributed by atoms with Gasteiger partial charge in [-0.25, -0.2) is 9.98 Å². The van der Waals surface area contributed by atoms with Crippen LogP contribution in [-0.4, -0.2) is 24.6 Å². The van der Waals surface area contributed by atoms with Gasteiger partial charge in [-0.05, 0) is 12.1 Å². The number of anilines is 1. The van der Waals surface area contributed by atoms with E-state index >= 15 is 0 Å². The number of amidine groups is 2. The van der Waals surface area contributed by atoms with Gasteiger partial charge >= 0.3 is 0 Å². The Hall–Kier alpha value is -3.21. The highest BCUT2D eigenvalue weighted by Crippen LogP contribution is 2.32. The Labute approximate surface area is 133 Å². The van der Waals surface area contributed by atoms with E-state index in [1.54, 1.807) is 18.1 Å². The molecule has 2 aromatic carbocycles. The summed E-state index contributed by atoms with van der Waals surface area (Å²) in [6.07, 6.45) is 1.59. The number of hydrogen-bond donors (Lipinski definition) is 1. The van der Waals surface area contributed by atoms with Crippen molar-refractivity contribution in [1.29, 1.82) is 0 Å². The quantitative estimate of drug-likeness (QED) is 0.880. The Morgan fingerprint density at radius 1 is 0.957 bits per heavy atom. The number of para-hydroxylation sites is 2. The summed E-state index contributed by atoms with van der Waals surface area (Å²) in [6.45, 7) is 0. The van der Waals surface area contributed by atoms with Gasteiger partial charge in [-0.2, -0.15) is 0 Å². The van der Waals surface area contributed by atoms with E-state index in [1.807, 2.05) is 54.6 Å². The number of amides is 1. The predicted octanol–water partition coefficient (Wildman–Crippen LogP) is 2.63. The molecule has 0 bridgehead atoms. The molecule has 2 aromatic rings. The van der Waals surface area contributed by atoms with Crippen molar-refractivity contribution in [2.75, 3.05) is 11.9 Å². The second-order valence-corrected chi connectivity index (χ2v) is 5.32. The molecule has 0 saturated heterocycles. The maximum atomic E-state index is 12.7. The lowest BCUT2D eigenvalue weighted by atomic mass is 10.1. The standard InChI is InChI=1S/C18H14N4O/c1-22-15-10-6-5-9-14(15)20-17-13(18(22)23)11-19-16(21-17)12-7-3-2-4-8-12/h2-11H,1H3,(H,19,20,21). The second kappa shape index (κ2) is 5.21. The van der Waals surface area contributed by atoms with Gasteiger partial charge in [0, 0.05) is 18.8 Å². The van der Waals surface area contributed by atoms with Crippen LogP contribution in [0.4, 0.5) is 11.4 Å².